The quantitative estimate of drug-likeness (QED) is 0.506. The van der Waals surface area contributed by atoms with E-state index < -0.39 is 0 Å². The maximum absolute atomic E-state index is 6.30. The number of nitrogens with one attached hydrogen (secondary N) is 2. The molecule has 168 valence electrons. The fourth-order valence-corrected chi connectivity index (χ4v) is 3.79. The Hall–Kier alpha value is -2.74. The van der Waals surface area contributed by atoms with E-state index in [1.54, 1.807) is 13.3 Å². The van der Waals surface area contributed by atoms with E-state index >= 15 is 0 Å². The summed E-state index contributed by atoms with van der Waals surface area (Å²) < 4.78 is 5.63. The Labute approximate surface area is 198 Å². The Bertz CT molecular complexity index is 1050. The van der Waals surface area contributed by atoms with Gasteiger partial charge in [-0.15, -0.1) is 0 Å². The molecule has 2 N–H and O–H groups in total. The molecule has 9 heteroatoms. The van der Waals surface area contributed by atoms with E-state index in [1.807, 2.05) is 36.4 Å². The van der Waals surface area contributed by atoms with Crippen molar-refractivity contribution in [3.63, 3.8) is 0 Å². The van der Waals surface area contributed by atoms with Crippen molar-refractivity contribution in [3.8, 4) is 5.75 Å². The third-order valence-electron chi connectivity index (χ3n) is 5.42. The predicted molar refractivity (Wildman–Crippen MR) is 132 cm³/mol. The van der Waals surface area contributed by atoms with Crippen molar-refractivity contribution >= 4 is 46.3 Å². The van der Waals surface area contributed by atoms with Crippen LogP contribution in [0.1, 0.15) is 5.56 Å². The normalized spacial score (nSPS) is 14.3. The van der Waals surface area contributed by atoms with Gasteiger partial charge in [-0.05, 0) is 36.9 Å². The molecule has 0 amide bonds. The highest BCUT2D eigenvalue weighted by molar-refractivity contribution is 6.32. The maximum Gasteiger partial charge on any atom is 0.229 e. The number of halogens is 2. The van der Waals surface area contributed by atoms with Crippen molar-refractivity contribution in [2.45, 2.75) is 6.54 Å². The lowest BCUT2D eigenvalue weighted by atomic mass is 10.2. The Morgan fingerprint density at radius 1 is 1.03 bits per heavy atom. The molecule has 0 radical (unpaired) electrons. The van der Waals surface area contributed by atoms with Crippen molar-refractivity contribution in [1.29, 1.82) is 0 Å². The van der Waals surface area contributed by atoms with E-state index in [2.05, 4.69) is 43.5 Å². The van der Waals surface area contributed by atoms with Gasteiger partial charge in [0.15, 0.2) is 5.82 Å². The number of benzene rings is 2. The first-order valence-corrected chi connectivity index (χ1v) is 11.2. The predicted octanol–water partition coefficient (Wildman–Crippen LogP) is 4.90. The van der Waals surface area contributed by atoms with Gasteiger partial charge >= 0.3 is 0 Å². The van der Waals surface area contributed by atoms with E-state index in [4.69, 9.17) is 27.9 Å². The van der Waals surface area contributed by atoms with Gasteiger partial charge in [-0.3, -0.25) is 0 Å². The molecule has 1 saturated heterocycles. The molecule has 1 aliphatic rings. The molecule has 0 atom stereocenters. The summed E-state index contributed by atoms with van der Waals surface area (Å²) >= 11 is 12.2. The number of rotatable bonds is 7. The number of hydrogen-bond acceptors (Lipinski definition) is 7. The molecular formula is C23H26Cl2N6O. The van der Waals surface area contributed by atoms with E-state index in [-0.39, 0.29) is 0 Å². The zero-order valence-corrected chi connectivity index (χ0v) is 19.6. The summed E-state index contributed by atoms with van der Waals surface area (Å²) in [5, 5.41) is 7.64. The first kappa shape index (κ1) is 22.5. The second-order valence-corrected chi connectivity index (χ2v) is 8.51. The van der Waals surface area contributed by atoms with Crippen LogP contribution in [0.2, 0.25) is 10.0 Å². The van der Waals surface area contributed by atoms with E-state index in [9.17, 15) is 0 Å². The number of piperazine rings is 1. The summed E-state index contributed by atoms with van der Waals surface area (Å²) in [5.41, 5.74) is 3.00. The van der Waals surface area contributed by atoms with Gasteiger partial charge in [0, 0.05) is 49.5 Å². The van der Waals surface area contributed by atoms with Crippen molar-refractivity contribution in [2.24, 2.45) is 0 Å². The standard InChI is InChI=1S/C23H26Cl2N6O/c1-30-9-11-31(12-10-30)18-7-8-20(21(13-18)32-2)28-23-27-15-19(25)22(29-23)26-14-16-3-5-17(24)6-4-16/h3-8,13,15H,9-12,14H2,1-2H3,(H2,26,27,28,29). The molecule has 1 aliphatic heterocycles. The Morgan fingerprint density at radius 2 is 1.78 bits per heavy atom. The van der Waals surface area contributed by atoms with Crippen molar-refractivity contribution < 1.29 is 4.74 Å². The molecule has 32 heavy (non-hydrogen) atoms. The number of aromatic nitrogens is 2. The van der Waals surface area contributed by atoms with E-state index in [1.165, 1.54) is 0 Å². The molecule has 2 aromatic carbocycles. The highest BCUT2D eigenvalue weighted by Crippen LogP contribution is 2.32. The molecule has 7 nitrogen and oxygen atoms in total. The fraction of sp³-hybridized carbons (Fsp3) is 0.304. The van der Waals surface area contributed by atoms with Crippen LogP contribution in [0, 0.1) is 0 Å². The summed E-state index contributed by atoms with van der Waals surface area (Å²) in [6.07, 6.45) is 1.58. The van der Waals surface area contributed by atoms with Gasteiger partial charge in [-0.25, -0.2) is 4.98 Å². The second-order valence-electron chi connectivity index (χ2n) is 7.67. The first-order chi connectivity index (χ1) is 15.5. The largest absolute Gasteiger partial charge is 0.494 e. The minimum atomic E-state index is 0.429. The summed E-state index contributed by atoms with van der Waals surface area (Å²) in [7, 11) is 3.81. The molecule has 1 aromatic heterocycles. The van der Waals surface area contributed by atoms with Crippen molar-refractivity contribution in [1.82, 2.24) is 14.9 Å². The Balaban J connectivity index is 1.47. The third kappa shape index (κ3) is 5.54. The minimum Gasteiger partial charge on any atom is -0.494 e. The molecule has 0 unspecified atom stereocenters. The lowest BCUT2D eigenvalue weighted by molar-refractivity contribution is 0.312. The second kappa shape index (κ2) is 10.3. The number of nitrogens with zero attached hydrogens (tertiary/aromatic N) is 4. The van der Waals surface area contributed by atoms with Crippen molar-refractivity contribution in [3.05, 3.63) is 64.3 Å². The molecule has 0 aliphatic carbocycles. The topological polar surface area (TPSA) is 65.6 Å². The van der Waals surface area contributed by atoms with Crippen LogP contribution >= 0.6 is 23.2 Å². The average Bonchev–Trinajstić information content (AvgIpc) is 2.81. The highest BCUT2D eigenvalue weighted by atomic mass is 35.5. The summed E-state index contributed by atoms with van der Waals surface area (Å²) in [6, 6.07) is 13.7. The molecule has 0 spiro atoms. The third-order valence-corrected chi connectivity index (χ3v) is 5.95. The monoisotopic (exact) mass is 472 g/mol. The summed E-state index contributed by atoms with van der Waals surface area (Å²) in [4.78, 5) is 13.5. The zero-order valence-electron chi connectivity index (χ0n) is 18.1. The van der Waals surface area contributed by atoms with Crippen LogP contribution in [-0.4, -0.2) is 55.2 Å². The summed E-state index contributed by atoms with van der Waals surface area (Å²) in [5.74, 6) is 1.71. The van der Waals surface area contributed by atoms with Gasteiger partial charge in [-0.2, -0.15) is 4.98 Å². The Morgan fingerprint density at radius 3 is 2.50 bits per heavy atom. The van der Waals surface area contributed by atoms with Crippen molar-refractivity contribution in [2.75, 3.05) is 55.9 Å². The van der Waals surface area contributed by atoms with Gasteiger partial charge in [-0.1, -0.05) is 35.3 Å². The maximum atomic E-state index is 6.30. The number of anilines is 4. The SMILES string of the molecule is COc1cc(N2CCN(C)CC2)ccc1Nc1ncc(Cl)c(NCc2ccc(Cl)cc2)n1. The lowest BCUT2D eigenvalue weighted by Gasteiger charge is -2.34. The molecular weight excluding hydrogens is 447 g/mol. The van der Waals surface area contributed by atoms with Gasteiger partial charge in [0.1, 0.15) is 10.8 Å². The minimum absolute atomic E-state index is 0.429. The molecule has 0 saturated carbocycles. The van der Waals surface area contributed by atoms with Gasteiger partial charge in [0.25, 0.3) is 0 Å². The van der Waals surface area contributed by atoms with Crippen LogP contribution in [0.3, 0.4) is 0 Å². The average molecular weight is 473 g/mol. The van der Waals surface area contributed by atoms with Crippen LogP contribution in [0.15, 0.2) is 48.7 Å². The first-order valence-electron chi connectivity index (χ1n) is 10.4. The van der Waals surface area contributed by atoms with Gasteiger partial charge in [0.2, 0.25) is 5.95 Å². The number of likely N-dealkylation sites (N-methyl/N-ethyl adjacent to an activating group) is 1. The molecule has 2 heterocycles. The number of ether oxygens (including phenoxy) is 1. The molecule has 0 bridgehead atoms. The van der Waals surface area contributed by atoms with Crippen LogP contribution in [0.25, 0.3) is 0 Å². The van der Waals surface area contributed by atoms with Crippen LogP contribution < -0.4 is 20.3 Å². The van der Waals surface area contributed by atoms with Gasteiger partial charge < -0.3 is 25.2 Å². The number of hydrogen-bond donors (Lipinski definition) is 2. The van der Waals surface area contributed by atoms with Gasteiger partial charge in [0.05, 0.1) is 19.0 Å². The molecule has 4 rings (SSSR count). The lowest BCUT2D eigenvalue weighted by Crippen LogP contribution is -2.44. The Kier molecular flexibility index (Phi) is 7.19. The zero-order chi connectivity index (χ0) is 22.5. The van der Waals surface area contributed by atoms with Crippen LogP contribution in [0.5, 0.6) is 5.75 Å². The summed E-state index contributed by atoms with van der Waals surface area (Å²) in [6.45, 7) is 4.65. The smallest absolute Gasteiger partial charge is 0.229 e. The van der Waals surface area contributed by atoms with E-state index in [0.717, 1.165) is 48.9 Å². The fourth-order valence-electron chi connectivity index (χ4n) is 3.50. The van der Waals surface area contributed by atoms with E-state index in [0.29, 0.717) is 28.4 Å². The number of methoxy groups -OCH3 is 1. The highest BCUT2D eigenvalue weighted by Gasteiger charge is 2.16. The van der Waals surface area contributed by atoms with Crippen LogP contribution in [-0.2, 0) is 6.54 Å². The van der Waals surface area contributed by atoms with Crippen LogP contribution in [0.4, 0.5) is 23.1 Å². The molecule has 3 aromatic rings. The molecule has 1 fully saturated rings.